The third kappa shape index (κ3) is 3.15. The third-order valence-electron chi connectivity index (χ3n) is 2.37. The molecule has 86 valence electrons. The van der Waals surface area contributed by atoms with Crippen LogP contribution in [0.5, 0.6) is 0 Å². The monoisotopic (exact) mass is 220 g/mol. The maximum Gasteiger partial charge on any atom is 0.264 e. The first kappa shape index (κ1) is 12.4. The molecule has 4 nitrogen and oxygen atoms in total. The number of aliphatic imine (C=N–C) groups is 1. The van der Waals surface area contributed by atoms with Crippen LogP contribution in [0, 0.1) is 0 Å². The number of ketones is 1. The fourth-order valence-electron chi connectivity index (χ4n) is 1.39. The molecule has 0 unspecified atom stereocenters. The number of rotatable bonds is 4. The number of nitrogens with zero attached hydrogens (tertiary/aromatic N) is 2. The molecule has 0 aromatic heterocycles. The van der Waals surface area contributed by atoms with Crippen molar-refractivity contribution in [2.24, 2.45) is 4.99 Å². The molecule has 0 N–H and O–H groups in total. The first-order valence-electron chi connectivity index (χ1n) is 5.42. The van der Waals surface area contributed by atoms with Crippen molar-refractivity contribution in [2.75, 3.05) is 13.1 Å². The highest BCUT2D eigenvalue weighted by Crippen LogP contribution is 2.08. The van der Waals surface area contributed by atoms with Crippen LogP contribution in [0.15, 0.2) is 28.9 Å². The van der Waals surface area contributed by atoms with Crippen LogP contribution in [-0.2, 0) is 9.59 Å². The number of amides is 1. The molecular formula is C12H16N2O2. The Morgan fingerprint density at radius 3 is 2.75 bits per heavy atom. The summed E-state index contributed by atoms with van der Waals surface area (Å²) in [6.07, 6.45) is 6.75. The summed E-state index contributed by atoms with van der Waals surface area (Å²) in [6.45, 7) is 5.11. The number of carbonyl (C=O) groups excluding carboxylic acids is 2. The van der Waals surface area contributed by atoms with E-state index in [1.165, 1.54) is 6.21 Å². The molecule has 0 heterocycles. The van der Waals surface area contributed by atoms with E-state index in [-0.39, 0.29) is 11.7 Å². The van der Waals surface area contributed by atoms with Gasteiger partial charge in [-0.2, -0.15) is 0 Å². The molecule has 0 atom stereocenters. The highest BCUT2D eigenvalue weighted by atomic mass is 16.2. The van der Waals surface area contributed by atoms with Gasteiger partial charge in [0, 0.05) is 19.5 Å². The average Bonchev–Trinajstić information content (AvgIpc) is 2.29. The Hall–Kier alpha value is -1.71. The summed E-state index contributed by atoms with van der Waals surface area (Å²) in [6, 6.07) is 0. The molecule has 1 aliphatic carbocycles. The smallest absolute Gasteiger partial charge is 0.264 e. The molecule has 1 aliphatic rings. The predicted octanol–water partition coefficient (Wildman–Crippen LogP) is 1.34. The highest BCUT2D eigenvalue weighted by Gasteiger charge is 2.10. The van der Waals surface area contributed by atoms with Gasteiger partial charge in [-0.3, -0.25) is 9.59 Å². The lowest BCUT2D eigenvalue weighted by molar-refractivity contribution is -0.123. The van der Waals surface area contributed by atoms with E-state index in [4.69, 9.17) is 0 Å². The van der Waals surface area contributed by atoms with E-state index in [0.717, 1.165) is 0 Å². The fraction of sp³-hybridized carbons (Fsp3) is 0.417. The van der Waals surface area contributed by atoms with E-state index in [9.17, 15) is 9.59 Å². The Kier molecular flexibility index (Phi) is 4.64. The van der Waals surface area contributed by atoms with E-state index in [0.29, 0.717) is 25.2 Å². The number of carbonyl (C=O) groups is 2. The highest BCUT2D eigenvalue weighted by molar-refractivity contribution is 6.27. The lowest BCUT2D eigenvalue weighted by atomic mass is 10.1. The Morgan fingerprint density at radius 1 is 1.50 bits per heavy atom. The van der Waals surface area contributed by atoms with Gasteiger partial charge in [0.05, 0.1) is 6.21 Å². The molecule has 0 aromatic carbocycles. The minimum Gasteiger partial charge on any atom is -0.338 e. The molecule has 0 aliphatic heterocycles. The first-order valence-corrected chi connectivity index (χ1v) is 5.42. The molecule has 0 aromatic rings. The van der Waals surface area contributed by atoms with E-state index < -0.39 is 0 Å². The van der Waals surface area contributed by atoms with Gasteiger partial charge in [-0.1, -0.05) is 12.2 Å². The van der Waals surface area contributed by atoms with E-state index >= 15 is 0 Å². The van der Waals surface area contributed by atoms with Gasteiger partial charge in [-0.25, -0.2) is 4.99 Å². The number of hydrogen-bond acceptors (Lipinski definition) is 3. The summed E-state index contributed by atoms with van der Waals surface area (Å²) in [7, 11) is 0. The first-order chi connectivity index (χ1) is 7.69. The van der Waals surface area contributed by atoms with Gasteiger partial charge < -0.3 is 4.90 Å². The summed E-state index contributed by atoms with van der Waals surface area (Å²) in [5.74, 6) is -0.209. The van der Waals surface area contributed by atoms with E-state index in [1.54, 1.807) is 23.1 Å². The second kappa shape index (κ2) is 6.00. The zero-order chi connectivity index (χ0) is 12.0. The SMILES string of the molecule is CCN(CC)C(=O)C=NC1=CC=CCC1=O. The van der Waals surface area contributed by atoms with Crippen molar-refractivity contribution in [1.82, 2.24) is 4.90 Å². The lowest BCUT2D eigenvalue weighted by Gasteiger charge is -2.15. The largest absolute Gasteiger partial charge is 0.338 e. The second-order valence-corrected chi connectivity index (χ2v) is 3.38. The van der Waals surface area contributed by atoms with Crippen LogP contribution in [0.2, 0.25) is 0 Å². The maximum absolute atomic E-state index is 11.6. The molecule has 0 saturated heterocycles. The molecule has 0 bridgehead atoms. The Bertz CT molecular complexity index is 363. The van der Waals surface area contributed by atoms with Crippen LogP contribution in [0.3, 0.4) is 0 Å². The normalized spacial score (nSPS) is 15.4. The van der Waals surface area contributed by atoms with Crippen molar-refractivity contribution >= 4 is 17.9 Å². The van der Waals surface area contributed by atoms with Crippen LogP contribution in [0.25, 0.3) is 0 Å². The molecular weight excluding hydrogens is 204 g/mol. The number of Topliss-reactive ketones (excluding diaryl/α,β-unsaturated/α-hetero) is 1. The zero-order valence-electron chi connectivity index (χ0n) is 9.64. The fourth-order valence-corrected chi connectivity index (χ4v) is 1.39. The predicted molar refractivity (Wildman–Crippen MR) is 63.3 cm³/mol. The Labute approximate surface area is 95.3 Å². The van der Waals surface area contributed by atoms with E-state index in [2.05, 4.69) is 4.99 Å². The Balaban J connectivity index is 2.66. The molecule has 0 fully saturated rings. The molecule has 1 amide bonds. The molecule has 0 spiro atoms. The minimum absolute atomic E-state index is 0.0499. The summed E-state index contributed by atoms with van der Waals surface area (Å²) in [5.41, 5.74) is 0.350. The zero-order valence-corrected chi connectivity index (χ0v) is 9.64. The van der Waals surface area contributed by atoms with Gasteiger partial charge in [0.1, 0.15) is 5.70 Å². The quantitative estimate of drug-likeness (QED) is 0.671. The van der Waals surface area contributed by atoms with Gasteiger partial charge in [-0.05, 0) is 19.9 Å². The van der Waals surface area contributed by atoms with Crippen LogP contribution < -0.4 is 0 Å². The topological polar surface area (TPSA) is 49.7 Å². The van der Waals surface area contributed by atoms with Crippen molar-refractivity contribution < 1.29 is 9.59 Å². The maximum atomic E-state index is 11.6. The Morgan fingerprint density at radius 2 is 2.19 bits per heavy atom. The van der Waals surface area contributed by atoms with Crippen molar-refractivity contribution in [3.8, 4) is 0 Å². The van der Waals surface area contributed by atoms with Gasteiger partial charge in [-0.15, -0.1) is 0 Å². The summed E-state index contributed by atoms with van der Waals surface area (Å²) >= 11 is 0. The van der Waals surface area contributed by atoms with Crippen molar-refractivity contribution in [1.29, 1.82) is 0 Å². The summed E-state index contributed by atoms with van der Waals surface area (Å²) in [4.78, 5) is 28.5. The molecule has 0 saturated carbocycles. The second-order valence-electron chi connectivity index (χ2n) is 3.38. The van der Waals surface area contributed by atoms with Crippen LogP contribution in [-0.4, -0.2) is 35.9 Å². The van der Waals surface area contributed by atoms with Gasteiger partial charge in [0.2, 0.25) is 0 Å². The standard InChI is InChI=1S/C12H16N2O2/c1-3-14(4-2)12(16)9-13-10-7-5-6-8-11(10)15/h5-7,9H,3-4,8H2,1-2H3. The third-order valence-corrected chi connectivity index (χ3v) is 2.37. The van der Waals surface area contributed by atoms with E-state index in [1.807, 2.05) is 13.8 Å². The van der Waals surface area contributed by atoms with Crippen LogP contribution in [0.4, 0.5) is 0 Å². The number of hydrogen-bond donors (Lipinski definition) is 0. The molecule has 0 radical (unpaired) electrons. The summed E-state index contributed by atoms with van der Waals surface area (Å²) < 4.78 is 0. The van der Waals surface area contributed by atoms with Crippen LogP contribution in [0.1, 0.15) is 20.3 Å². The molecule has 4 heteroatoms. The summed E-state index contributed by atoms with van der Waals surface area (Å²) in [5, 5.41) is 0. The molecule has 16 heavy (non-hydrogen) atoms. The van der Waals surface area contributed by atoms with Crippen molar-refractivity contribution in [3.05, 3.63) is 23.9 Å². The number of allylic oxidation sites excluding steroid dienone is 4. The minimum atomic E-state index is -0.159. The average molecular weight is 220 g/mol. The van der Waals surface area contributed by atoms with Gasteiger partial charge >= 0.3 is 0 Å². The lowest BCUT2D eigenvalue weighted by Crippen LogP contribution is -2.31. The van der Waals surface area contributed by atoms with Gasteiger partial charge in [0.15, 0.2) is 5.78 Å². The van der Waals surface area contributed by atoms with Gasteiger partial charge in [0.25, 0.3) is 5.91 Å². The molecule has 1 rings (SSSR count). The van der Waals surface area contributed by atoms with Crippen LogP contribution >= 0.6 is 0 Å². The van der Waals surface area contributed by atoms with Crippen molar-refractivity contribution in [2.45, 2.75) is 20.3 Å². The van der Waals surface area contributed by atoms with Crippen molar-refractivity contribution in [3.63, 3.8) is 0 Å².